The molecule has 0 aromatic carbocycles. The highest BCUT2D eigenvalue weighted by Crippen LogP contribution is 2.32. The number of aryl methyl sites for hydroxylation is 1. The molecule has 1 unspecified atom stereocenters. The van der Waals surface area contributed by atoms with Gasteiger partial charge in [0.1, 0.15) is 5.76 Å². The molecule has 13 heavy (non-hydrogen) atoms. The maximum Gasteiger partial charge on any atom is 0.208 e. The number of hydrogen-bond donors (Lipinski definition) is 1. The summed E-state index contributed by atoms with van der Waals surface area (Å²) in [5.41, 5.74) is 0. The van der Waals surface area contributed by atoms with Crippen molar-refractivity contribution in [3.8, 4) is 0 Å². The van der Waals surface area contributed by atoms with E-state index in [0.29, 0.717) is 6.04 Å². The van der Waals surface area contributed by atoms with Gasteiger partial charge in [-0.3, -0.25) is 0 Å². The number of nitrogens with one attached hydrogen (secondary N) is 1. The first kappa shape index (κ1) is 8.75. The van der Waals surface area contributed by atoms with Gasteiger partial charge in [-0.05, 0) is 32.6 Å². The van der Waals surface area contributed by atoms with Gasteiger partial charge in [0.05, 0.1) is 12.7 Å². The molecule has 1 aromatic rings. The van der Waals surface area contributed by atoms with Crippen LogP contribution in [0.1, 0.15) is 31.4 Å². The zero-order valence-electron chi connectivity index (χ0n) is 8.21. The molecule has 1 aromatic heterocycles. The van der Waals surface area contributed by atoms with Crippen LogP contribution in [-0.2, 0) is 6.54 Å². The van der Waals surface area contributed by atoms with Crippen molar-refractivity contribution < 1.29 is 4.42 Å². The Hall–Kier alpha value is -0.830. The zero-order valence-corrected chi connectivity index (χ0v) is 8.21. The predicted octanol–water partition coefficient (Wildman–Crippen LogP) is 1.87. The fourth-order valence-electron chi connectivity index (χ4n) is 1.49. The largest absolute Gasteiger partial charge is 0.445 e. The molecule has 72 valence electrons. The molecule has 1 heterocycles. The van der Waals surface area contributed by atoms with Crippen molar-refractivity contribution in [1.29, 1.82) is 0 Å². The third kappa shape index (κ3) is 2.31. The van der Waals surface area contributed by atoms with Gasteiger partial charge in [-0.15, -0.1) is 0 Å². The molecule has 0 radical (unpaired) electrons. The Labute approximate surface area is 78.5 Å². The Morgan fingerprint density at radius 3 is 3.00 bits per heavy atom. The van der Waals surface area contributed by atoms with Crippen molar-refractivity contribution in [2.24, 2.45) is 5.92 Å². The fourth-order valence-corrected chi connectivity index (χ4v) is 1.49. The Morgan fingerprint density at radius 1 is 1.69 bits per heavy atom. The monoisotopic (exact) mass is 180 g/mol. The summed E-state index contributed by atoms with van der Waals surface area (Å²) in [7, 11) is 0. The lowest BCUT2D eigenvalue weighted by atomic mass is 10.2. The zero-order chi connectivity index (χ0) is 9.26. The molecule has 1 fully saturated rings. The molecule has 2 rings (SSSR count). The SMILES string of the molecule is Cc1cnc(CNC(C)C2CC2)o1. The van der Waals surface area contributed by atoms with E-state index in [1.165, 1.54) is 12.8 Å². The van der Waals surface area contributed by atoms with Gasteiger partial charge in [0.15, 0.2) is 0 Å². The van der Waals surface area contributed by atoms with Crippen LogP contribution in [0.2, 0.25) is 0 Å². The van der Waals surface area contributed by atoms with Crippen LogP contribution in [0.5, 0.6) is 0 Å². The number of oxazole rings is 1. The first-order chi connectivity index (χ1) is 6.25. The third-order valence-corrected chi connectivity index (χ3v) is 2.57. The number of hydrogen-bond acceptors (Lipinski definition) is 3. The Morgan fingerprint density at radius 2 is 2.46 bits per heavy atom. The fraction of sp³-hybridized carbons (Fsp3) is 0.700. The lowest BCUT2D eigenvalue weighted by molar-refractivity contribution is 0.414. The van der Waals surface area contributed by atoms with Crippen LogP contribution in [-0.4, -0.2) is 11.0 Å². The van der Waals surface area contributed by atoms with Crippen molar-refractivity contribution in [3.05, 3.63) is 17.8 Å². The molecule has 0 aliphatic heterocycles. The average molecular weight is 180 g/mol. The molecule has 3 heteroatoms. The number of aromatic nitrogens is 1. The quantitative estimate of drug-likeness (QED) is 0.768. The van der Waals surface area contributed by atoms with E-state index in [0.717, 1.165) is 24.1 Å². The van der Waals surface area contributed by atoms with Crippen LogP contribution < -0.4 is 5.32 Å². The minimum atomic E-state index is 0.604. The second-order valence-electron chi connectivity index (χ2n) is 3.87. The summed E-state index contributed by atoms with van der Waals surface area (Å²) in [5, 5.41) is 3.42. The van der Waals surface area contributed by atoms with E-state index in [1.807, 2.05) is 6.92 Å². The second-order valence-corrected chi connectivity index (χ2v) is 3.87. The summed E-state index contributed by atoms with van der Waals surface area (Å²) in [4.78, 5) is 4.14. The van der Waals surface area contributed by atoms with Crippen LogP contribution in [0, 0.1) is 12.8 Å². The van der Waals surface area contributed by atoms with Crippen molar-refractivity contribution in [2.75, 3.05) is 0 Å². The van der Waals surface area contributed by atoms with Crippen LogP contribution in [0.3, 0.4) is 0 Å². The molecular weight excluding hydrogens is 164 g/mol. The molecule has 1 N–H and O–H groups in total. The summed E-state index contributed by atoms with van der Waals surface area (Å²) >= 11 is 0. The Balaban J connectivity index is 1.78. The van der Waals surface area contributed by atoms with Gasteiger partial charge in [0.25, 0.3) is 0 Å². The minimum Gasteiger partial charge on any atom is -0.445 e. The van der Waals surface area contributed by atoms with Gasteiger partial charge in [0, 0.05) is 6.04 Å². The third-order valence-electron chi connectivity index (χ3n) is 2.57. The van der Waals surface area contributed by atoms with E-state index >= 15 is 0 Å². The van der Waals surface area contributed by atoms with E-state index in [2.05, 4.69) is 17.2 Å². The highest BCUT2D eigenvalue weighted by Gasteiger charge is 2.27. The lowest BCUT2D eigenvalue weighted by Crippen LogP contribution is -2.27. The first-order valence-corrected chi connectivity index (χ1v) is 4.90. The smallest absolute Gasteiger partial charge is 0.208 e. The topological polar surface area (TPSA) is 38.1 Å². The maximum atomic E-state index is 5.36. The molecule has 1 saturated carbocycles. The predicted molar refractivity (Wildman–Crippen MR) is 50.3 cm³/mol. The van der Waals surface area contributed by atoms with E-state index in [-0.39, 0.29) is 0 Å². The van der Waals surface area contributed by atoms with Crippen LogP contribution >= 0.6 is 0 Å². The molecular formula is C10H16N2O. The Kier molecular flexibility index (Phi) is 2.36. The van der Waals surface area contributed by atoms with Gasteiger partial charge in [-0.1, -0.05) is 0 Å². The second kappa shape index (κ2) is 3.50. The van der Waals surface area contributed by atoms with Crippen molar-refractivity contribution >= 4 is 0 Å². The molecule has 0 spiro atoms. The van der Waals surface area contributed by atoms with Crippen LogP contribution in [0.15, 0.2) is 10.6 Å². The maximum absolute atomic E-state index is 5.36. The van der Waals surface area contributed by atoms with Gasteiger partial charge >= 0.3 is 0 Å². The van der Waals surface area contributed by atoms with E-state index in [4.69, 9.17) is 4.42 Å². The van der Waals surface area contributed by atoms with Crippen molar-refractivity contribution in [3.63, 3.8) is 0 Å². The average Bonchev–Trinajstić information content (AvgIpc) is 2.87. The highest BCUT2D eigenvalue weighted by molar-refractivity contribution is 4.91. The van der Waals surface area contributed by atoms with Gasteiger partial charge in [0.2, 0.25) is 5.89 Å². The summed E-state index contributed by atoms with van der Waals surface area (Å²) < 4.78 is 5.36. The standard InChI is InChI=1S/C10H16N2O/c1-7-5-12-10(13-7)6-11-8(2)9-3-4-9/h5,8-9,11H,3-4,6H2,1-2H3. The molecule has 1 aliphatic rings. The Bertz CT molecular complexity index is 278. The highest BCUT2D eigenvalue weighted by atomic mass is 16.4. The van der Waals surface area contributed by atoms with Gasteiger partial charge in [-0.25, -0.2) is 4.98 Å². The first-order valence-electron chi connectivity index (χ1n) is 4.90. The summed E-state index contributed by atoms with van der Waals surface area (Å²) in [5.74, 6) is 2.57. The van der Waals surface area contributed by atoms with E-state index in [9.17, 15) is 0 Å². The molecule has 0 bridgehead atoms. The van der Waals surface area contributed by atoms with Crippen molar-refractivity contribution in [2.45, 2.75) is 39.3 Å². The van der Waals surface area contributed by atoms with Gasteiger partial charge < -0.3 is 9.73 Å². The molecule has 1 aliphatic carbocycles. The van der Waals surface area contributed by atoms with E-state index < -0.39 is 0 Å². The molecule has 0 amide bonds. The normalized spacial score (nSPS) is 18.9. The van der Waals surface area contributed by atoms with Crippen LogP contribution in [0.25, 0.3) is 0 Å². The van der Waals surface area contributed by atoms with Crippen molar-refractivity contribution in [1.82, 2.24) is 10.3 Å². The van der Waals surface area contributed by atoms with Gasteiger partial charge in [-0.2, -0.15) is 0 Å². The molecule has 0 saturated heterocycles. The summed E-state index contributed by atoms with van der Waals surface area (Å²) in [6.45, 7) is 4.90. The summed E-state index contributed by atoms with van der Waals surface area (Å²) in [6.07, 6.45) is 4.51. The molecule has 3 nitrogen and oxygen atoms in total. The molecule has 1 atom stereocenters. The minimum absolute atomic E-state index is 0.604. The van der Waals surface area contributed by atoms with E-state index in [1.54, 1.807) is 6.20 Å². The number of rotatable bonds is 4. The number of nitrogens with zero attached hydrogens (tertiary/aromatic N) is 1. The lowest BCUT2D eigenvalue weighted by Gasteiger charge is -2.09. The van der Waals surface area contributed by atoms with Crippen LogP contribution in [0.4, 0.5) is 0 Å². The summed E-state index contributed by atoms with van der Waals surface area (Å²) in [6, 6.07) is 0.604.